The molecule has 1 aromatic heterocycles. The zero-order valence-electron chi connectivity index (χ0n) is 20.3. The molecule has 1 amide bonds. The summed E-state index contributed by atoms with van der Waals surface area (Å²) in [7, 11) is 0. The number of amides is 1. The quantitative estimate of drug-likeness (QED) is 0.350. The van der Waals surface area contributed by atoms with Gasteiger partial charge >= 0.3 is 0 Å². The van der Waals surface area contributed by atoms with Crippen molar-refractivity contribution in [2.75, 3.05) is 13.1 Å². The minimum Gasteiger partial charge on any atom is -0.462 e. The molecule has 3 heterocycles. The Balaban J connectivity index is 1.06. The lowest BCUT2D eigenvalue weighted by atomic mass is 9.98. The molecule has 6 nitrogen and oxygen atoms in total. The Labute approximate surface area is 214 Å². The topological polar surface area (TPSA) is 71.6 Å². The highest BCUT2D eigenvalue weighted by molar-refractivity contribution is 5.97. The molecule has 0 saturated carbocycles. The number of carbonyl (C=O) groups is 2. The summed E-state index contributed by atoms with van der Waals surface area (Å²) < 4.78 is 25.6. The van der Waals surface area contributed by atoms with E-state index in [1.165, 1.54) is 29.7 Å². The van der Waals surface area contributed by atoms with Gasteiger partial charge < -0.3 is 19.4 Å². The Morgan fingerprint density at radius 1 is 0.919 bits per heavy atom. The predicted octanol–water partition coefficient (Wildman–Crippen LogP) is 5.86. The van der Waals surface area contributed by atoms with Gasteiger partial charge in [-0.3, -0.25) is 9.59 Å². The highest BCUT2D eigenvalue weighted by Gasteiger charge is 2.41. The SMILES string of the molecule is O=C(CCC(=O)N1CCC2(CC1)OCc1cc(-c3ccc4[nH]ccc4c3)ccc1O2)c1ccc(F)cc1. The first-order chi connectivity index (χ1) is 18.0. The zero-order valence-corrected chi connectivity index (χ0v) is 20.3. The van der Waals surface area contributed by atoms with Crippen LogP contribution >= 0.6 is 0 Å². The van der Waals surface area contributed by atoms with E-state index < -0.39 is 5.79 Å². The van der Waals surface area contributed by atoms with Crippen molar-refractivity contribution in [3.8, 4) is 16.9 Å². The van der Waals surface area contributed by atoms with Crippen LogP contribution in [0.25, 0.3) is 22.0 Å². The lowest BCUT2D eigenvalue weighted by molar-refractivity contribution is -0.227. The van der Waals surface area contributed by atoms with Gasteiger partial charge in [0.25, 0.3) is 0 Å². The van der Waals surface area contributed by atoms with Gasteiger partial charge in [-0.25, -0.2) is 4.39 Å². The number of aromatic amines is 1. The molecule has 2 aliphatic heterocycles. The molecule has 6 rings (SSSR count). The number of ether oxygens (including phenoxy) is 2. The van der Waals surface area contributed by atoms with Crippen molar-refractivity contribution in [1.29, 1.82) is 0 Å². The summed E-state index contributed by atoms with van der Waals surface area (Å²) in [6.45, 7) is 1.47. The minimum atomic E-state index is -0.737. The van der Waals surface area contributed by atoms with Crippen LogP contribution in [0.15, 0.2) is 72.9 Å². The first-order valence-electron chi connectivity index (χ1n) is 12.6. The average molecular weight is 499 g/mol. The molecule has 2 aliphatic rings. The average Bonchev–Trinajstić information content (AvgIpc) is 3.40. The second-order valence-corrected chi connectivity index (χ2v) is 9.71. The molecule has 188 valence electrons. The van der Waals surface area contributed by atoms with Crippen LogP contribution in [0.1, 0.15) is 41.6 Å². The number of benzene rings is 3. The number of carbonyl (C=O) groups excluding carboxylic acids is 2. The van der Waals surface area contributed by atoms with Crippen LogP contribution in [-0.4, -0.2) is 40.5 Å². The maximum Gasteiger partial charge on any atom is 0.223 e. The Hall–Kier alpha value is -3.97. The summed E-state index contributed by atoms with van der Waals surface area (Å²) in [5, 5.41) is 1.17. The van der Waals surface area contributed by atoms with Crippen LogP contribution in [0.2, 0.25) is 0 Å². The van der Waals surface area contributed by atoms with Gasteiger partial charge in [0.1, 0.15) is 11.6 Å². The number of piperidine rings is 1. The first-order valence-corrected chi connectivity index (χ1v) is 12.6. The maximum atomic E-state index is 13.1. The molecule has 1 spiro atoms. The van der Waals surface area contributed by atoms with E-state index in [-0.39, 0.29) is 30.3 Å². The van der Waals surface area contributed by atoms with E-state index >= 15 is 0 Å². The van der Waals surface area contributed by atoms with Crippen LogP contribution in [0, 0.1) is 5.82 Å². The number of nitrogens with zero attached hydrogens (tertiary/aromatic N) is 1. The number of hydrogen-bond acceptors (Lipinski definition) is 4. The lowest BCUT2D eigenvalue weighted by Gasteiger charge is -2.44. The van der Waals surface area contributed by atoms with Crippen LogP contribution in [0.3, 0.4) is 0 Å². The summed E-state index contributed by atoms with van der Waals surface area (Å²) in [6.07, 6.45) is 3.30. The largest absolute Gasteiger partial charge is 0.462 e. The Morgan fingerprint density at radius 2 is 1.68 bits per heavy atom. The Morgan fingerprint density at radius 3 is 2.49 bits per heavy atom. The third kappa shape index (κ3) is 4.74. The number of likely N-dealkylation sites (tertiary alicyclic amines) is 1. The number of H-pyrrole nitrogens is 1. The fraction of sp³-hybridized carbons (Fsp3) is 0.267. The molecule has 0 bridgehead atoms. The summed E-state index contributed by atoms with van der Waals surface area (Å²) in [4.78, 5) is 30.0. The predicted molar refractivity (Wildman–Crippen MR) is 138 cm³/mol. The van der Waals surface area contributed by atoms with E-state index in [2.05, 4.69) is 41.4 Å². The second kappa shape index (κ2) is 9.48. The number of halogens is 1. The minimum absolute atomic E-state index is 0.0643. The van der Waals surface area contributed by atoms with Crippen molar-refractivity contribution < 1.29 is 23.5 Å². The molecule has 0 aliphatic carbocycles. The maximum absolute atomic E-state index is 13.1. The molecule has 4 aromatic rings. The van der Waals surface area contributed by atoms with Crippen molar-refractivity contribution in [2.45, 2.75) is 38.1 Å². The van der Waals surface area contributed by atoms with E-state index in [9.17, 15) is 14.0 Å². The van der Waals surface area contributed by atoms with Crippen molar-refractivity contribution in [1.82, 2.24) is 9.88 Å². The number of nitrogens with one attached hydrogen (secondary N) is 1. The number of Topliss-reactive ketones (excluding diaryl/α,β-unsaturated/α-hetero) is 1. The van der Waals surface area contributed by atoms with Crippen LogP contribution in [0.5, 0.6) is 5.75 Å². The first kappa shape index (κ1) is 23.4. The van der Waals surface area contributed by atoms with Crippen molar-refractivity contribution in [3.63, 3.8) is 0 Å². The molecular weight excluding hydrogens is 471 g/mol. The monoisotopic (exact) mass is 498 g/mol. The molecule has 0 radical (unpaired) electrons. The van der Waals surface area contributed by atoms with Gasteiger partial charge in [-0.15, -0.1) is 0 Å². The fourth-order valence-electron chi connectivity index (χ4n) is 5.15. The van der Waals surface area contributed by atoms with Gasteiger partial charge in [0.05, 0.1) is 6.61 Å². The smallest absolute Gasteiger partial charge is 0.223 e. The highest BCUT2D eigenvalue weighted by Crippen LogP contribution is 2.39. The van der Waals surface area contributed by atoms with Crippen LogP contribution in [-0.2, 0) is 16.1 Å². The lowest BCUT2D eigenvalue weighted by Crippen LogP contribution is -2.52. The normalized spacial score (nSPS) is 16.4. The highest BCUT2D eigenvalue weighted by atomic mass is 19.1. The summed E-state index contributed by atoms with van der Waals surface area (Å²) >= 11 is 0. The number of fused-ring (bicyclic) bond motifs is 2. The Kier molecular flexibility index (Phi) is 6.00. The Bertz CT molecular complexity index is 1470. The zero-order chi connectivity index (χ0) is 25.4. The number of hydrogen-bond donors (Lipinski definition) is 1. The molecule has 37 heavy (non-hydrogen) atoms. The summed E-state index contributed by atoms with van der Waals surface area (Å²) in [5.74, 6) is -0.531. The van der Waals surface area contributed by atoms with E-state index in [1.807, 2.05) is 12.3 Å². The third-order valence-corrected chi connectivity index (χ3v) is 7.34. The van der Waals surface area contributed by atoms with Gasteiger partial charge in [0.15, 0.2) is 5.78 Å². The van der Waals surface area contributed by atoms with Gasteiger partial charge in [-0.1, -0.05) is 12.1 Å². The standard InChI is InChI=1S/C30H27FN2O4/c31-25-5-1-20(2-6-25)27(34)8-10-29(35)33-15-12-30(13-16-33)36-19-24-18-22(4-9-28(24)37-30)21-3-7-26-23(17-21)11-14-32-26/h1-7,9,11,14,17-18,32H,8,10,12-13,15-16,19H2. The number of aromatic nitrogens is 1. The van der Waals surface area contributed by atoms with Gasteiger partial charge in [-0.05, 0) is 71.1 Å². The van der Waals surface area contributed by atoms with Crippen molar-refractivity contribution in [3.05, 3.63) is 89.9 Å². The number of ketones is 1. The van der Waals surface area contributed by atoms with Crippen molar-refractivity contribution >= 4 is 22.6 Å². The van der Waals surface area contributed by atoms with Crippen LogP contribution in [0.4, 0.5) is 4.39 Å². The summed E-state index contributed by atoms with van der Waals surface area (Å²) in [5.41, 5.74) is 4.79. The molecule has 0 atom stereocenters. The second-order valence-electron chi connectivity index (χ2n) is 9.71. The van der Waals surface area contributed by atoms with E-state index in [0.717, 1.165) is 28.0 Å². The van der Waals surface area contributed by atoms with E-state index in [1.54, 1.807) is 4.90 Å². The van der Waals surface area contributed by atoms with Gasteiger partial charge in [0.2, 0.25) is 11.7 Å². The van der Waals surface area contributed by atoms with Gasteiger partial charge in [-0.2, -0.15) is 0 Å². The molecule has 1 saturated heterocycles. The molecule has 1 N–H and O–H groups in total. The molecular formula is C30H27FN2O4. The molecule has 3 aromatic carbocycles. The van der Waals surface area contributed by atoms with Gasteiger partial charge in [0, 0.05) is 61.6 Å². The van der Waals surface area contributed by atoms with E-state index in [4.69, 9.17) is 9.47 Å². The molecule has 7 heteroatoms. The number of rotatable bonds is 5. The summed E-state index contributed by atoms with van der Waals surface area (Å²) in [6, 6.07) is 20.0. The van der Waals surface area contributed by atoms with Crippen molar-refractivity contribution in [2.24, 2.45) is 0 Å². The third-order valence-electron chi connectivity index (χ3n) is 7.34. The molecule has 1 fully saturated rings. The van der Waals surface area contributed by atoms with E-state index in [0.29, 0.717) is 38.1 Å². The van der Waals surface area contributed by atoms with Crippen LogP contribution < -0.4 is 4.74 Å². The molecule has 0 unspecified atom stereocenters. The fourth-order valence-corrected chi connectivity index (χ4v) is 5.15.